The minimum absolute atomic E-state index is 0.0827. The van der Waals surface area contributed by atoms with Crippen LogP contribution in [0.25, 0.3) is 10.9 Å². The van der Waals surface area contributed by atoms with Gasteiger partial charge in [-0.05, 0) is 37.6 Å². The van der Waals surface area contributed by atoms with Crippen LogP contribution in [0.1, 0.15) is 25.7 Å². The molecule has 3 aromatic rings. The third-order valence-electron chi connectivity index (χ3n) is 3.29. The van der Waals surface area contributed by atoms with Crippen LogP contribution in [0.3, 0.4) is 0 Å². The van der Waals surface area contributed by atoms with E-state index in [1.165, 1.54) is 10.4 Å². The van der Waals surface area contributed by atoms with Crippen LogP contribution >= 0.6 is 27.3 Å². The summed E-state index contributed by atoms with van der Waals surface area (Å²) >= 11 is 5.07. The average molecular weight is 334 g/mol. The van der Waals surface area contributed by atoms with Crippen molar-refractivity contribution in [3.8, 4) is 0 Å². The zero-order valence-electron chi connectivity index (χ0n) is 10.6. The van der Waals surface area contributed by atoms with E-state index in [4.69, 9.17) is 0 Å². The van der Waals surface area contributed by atoms with Crippen molar-refractivity contribution in [3.63, 3.8) is 0 Å². The first-order valence-electron chi connectivity index (χ1n) is 5.95. The molecular weight excluding hydrogens is 322 g/mol. The van der Waals surface area contributed by atoms with Crippen molar-refractivity contribution in [1.29, 1.82) is 0 Å². The van der Waals surface area contributed by atoms with E-state index in [0.29, 0.717) is 0 Å². The molecule has 0 bridgehead atoms. The molecule has 0 spiro atoms. The number of ketones is 1. The van der Waals surface area contributed by atoms with Crippen molar-refractivity contribution in [3.05, 3.63) is 55.8 Å². The van der Waals surface area contributed by atoms with E-state index in [1.54, 1.807) is 17.5 Å². The van der Waals surface area contributed by atoms with Gasteiger partial charge < -0.3 is 4.98 Å². The number of aryl methyl sites for hydroxylation is 2. The molecule has 2 heterocycles. The van der Waals surface area contributed by atoms with Crippen LogP contribution in [-0.2, 0) is 0 Å². The second kappa shape index (κ2) is 4.62. The fourth-order valence-corrected chi connectivity index (χ4v) is 3.71. The minimum atomic E-state index is 0.0827. The van der Waals surface area contributed by atoms with Crippen LogP contribution in [0.5, 0.6) is 0 Å². The molecule has 0 unspecified atom stereocenters. The molecule has 19 heavy (non-hydrogen) atoms. The summed E-state index contributed by atoms with van der Waals surface area (Å²) < 4.78 is 0.944. The lowest BCUT2D eigenvalue weighted by atomic mass is 10.1. The van der Waals surface area contributed by atoms with E-state index in [1.807, 2.05) is 38.1 Å². The minimum Gasteiger partial charge on any atom is -0.360 e. The molecule has 0 saturated carbocycles. The number of hydrogen-bond acceptors (Lipinski definition) is 2. The number of carbonyl (C=O) groups excluding carboxylic acids is 1. The van der Waals surface area contributed by atoms with Gasteiger partial charge in [-0.3, -0.25) is 4.79 Å². The quantitative estimate of drug-likeness (QED) is 0.668. The van der Waals surface area contributed by atoms with E-state index in [2.05, 4.69) is 20.9 Å². The Morgan fingerprint density at radius 1 is 1.32 bits per heavy atom. The van der Waals surface area contributed by atoms with Gasteiger partial charge in [0.1, 0.15) is 0 Å². The van der Waals surface area contributed by atoms with Crippen molar-refractivity contribution in [2.75, 3.05) is 0 Å². The van der Waals surface area contributed by atoms with Crippen LogP contribution in [0.4, 0.5) is 0 Å². The Morgan fingerprint density at radius 3 is 2.79 bits per heavy atom. The molecule has 0 fully saturated rings. The van der Waals surface area contributed by atoms with Gasteiger partial charge in [0.2, 0.25) is 5.78 Å². The molecule has 3 rings (SSSR count). The number of aromatic amines is 1. The van der Waals surface area contributed by atoms with E-state index < -0.39 is 0 Å². The molecule has 0 saturated heterocycles. The van der Waals surface area contributed by atoms with Gasteiger partial charge in [0.15, 0.2) is 0 Å². The van der Waals surface area contributed by atoms with E-state index in [-0.39, 0.29) is 5.78 Å². The fourth-order valence-electron chi connectivity index (χ4n) is 2.14. The Balaban J connectivity index is 2.17. The predicted molar refractivity (Wildman–Crippen MR) is 83.2 cm³/mol. The molecule has 0 atom stereocenters. The average Bonchev–Trinajstić information content (AvgIpc) is 2.94. The number of rotatable bonds is 2. The van der Waals surface area contributed by atoms with Gasteiger partial charge in [0, 0.05) is 32.0 Å². The summed E-state index contributed by atoms with van der Waals surface area (Å²) in [6, 6.07) is 7.86. The number of hydrogen-bond donors (Lipinski definition) is 1. The fraction of sp³-hybridized carbons (Fsp3) is 0.133. The SMILES string of the molecule is Cc1cc(C(=O)c2c[nH]c3cccc(Br)c23)sc1C. The monoisotopic (exact) mass is 333 g/mol. The van der Waals surface area contributed by atoms with E-state index in [0.717, 1.165) is 25.8 Å². The normalized spacial score (nSPS) is 11.1. The van der Waals surface area contributed by atoms with Crippen LogP contribution in [0.2, 0.25) is 0 Å². The molecule has 96 valence electrons. The Morgan fingerprint density at radius 2 is 2.11 bits per heavy atom. The molecule has 4 heteroatoms. The first kappa shape index (κ1) is 12.6. The summed E-state index contributed by atoms with van der Waals surface area (Å²) in [7, 11) is 0. The molecule has 0 aliphatic rings. The van der Waals surface area contributed by atoms with Gasteiger partial charge in [-0.15, -0.1) is 11.3 Å². The van der Waals surface area contributed by atoms with Crippen molar-refractivity contribution < 1.29 is 4.79 Å². The third kappa shape index (κ3) is 2.05. The number of carbonyl (C=O) groups is 1. The highest BCUT2D eigenvalue weighted by molar-refractivity contribution is 9.10. The molecule has 2 aromatic heterocycles. The summed E-state index contributed by atoms with van der Waals surface area (Å²) in [5.74, 6) is 0.0827. The van der Waals surface area contributed by atoms with E-state index >= 15 is 0 Å². The summed E-state index contributed by atoms with van der Waals surface area (Å²) in [4.78, 5) is 17.8. The molecule has 1 aromatic carbocycles. The Hall–Kier alpha value is -1.39. The molecule has 1 N–H and O–H groups in total. The van der Waals surface area contributed by atoms with Crippen molar-refractivity contribution >= 4 is 44.0 Å². The highest BCUT2D eigenvalue weighted by atomic mass is 79.9. The maximum Gasteiger partial charge on any atom is 0.205 e. The lowest BCUT2D eigenvalue weighted by Crippen LogP contribution is -1.97. The first-order chi connectivity index (χ1) is 9.08. The largest absolute Gasteiger partial charge is 0.360 e. The predicted octanol–water partition coefficient (Wildman–Crippen LogP) is 4.84. The van der Waals surface area contributed by atoms with Crippen molar-refractivity contribution in [2.45, 2.75) is 13.8 Å². The highest BCUT2D eigenvalue weighted by Gasteiger charge is 2.18. The first-order valence-corrected chi connectivity index (χ1v) is 7.56. The lowest BCUT2D eigenvalue weighted by Gasteiger charge is -1.98. The smallest absolute Gasteiger partial charge is 0.205 e. The molecule has 0 radical (unpaired) electrons. The third-order valence-corrected chi connectivity index (χ3v) is 5.10. The molecule has 0 amide bonds. The maximum absolute atomic E-state index is 12.6. The Kier molecular flexibility index (Phi) is 3.07. The Bertz CT molecular complexity index is 765. The van der Waals surface area contributed by atoms with Crippen LogP contribution in [-0.4, -0.2) is 10.8 Å². The van der Waals surface area contributed by atoms with Gasteiger partial charge in [0.25, 0.3) is 0 Å². The maximum atomic E-state index is 12.6. The standard InChI is InChI=1S/C15H12BrNOS/c1-8-6-13(19-9(8)2)15(18)10-7-17-12-5-3-4-11(16)14(10)12/h3-7,17H,1-2H3. The summed E-state index contributed by atoms with van der Waals surface area (Å²) in [6.45, 7) is 4.08. The number of nitrogens with one attached hydrogen (secondary N) is 1. The number of H-pyrrole nitrogens is 1. The molecular formula is C15H12BrNOS. The van der Waals surface area contributed by atoms with Gasteiger partial charge in [0.05, 0.1) is 4.88 Å². The van der Waals surface area contributed by atoms with E-state index in [9.17, 15) is 4.79 Å². The lowest BCUT2D eigenvalue weighted by molar-refractivity contribution is 0.104. The van der Waals surface area contributed by atoms with Crippen molar-refractivity contribution in [1.82, 2.24) is 4.98 Å². The number of benzene rings is 1. The summed E-state index contributed by atoms with van der Waals surface area (Å²) in [6.07, 6.45) is 1.79. The Labute approximate surface area is 123 Å². The number of halogens is 1. The molecule has 2 nitrogen and oxygen atoms in total. The van der Waals surface area contributed by atoms with Gasteiger partial charge in [-0.2, -0.15) is 0 Å². The van der Waals surface area contributed by atoms with Crippen LogP contribution in [0.15, 0.2) is 34.9 Å². The second-order valence-electron chi connectivity index (χ2n) is 4.54. The van der Waals surface area contributed by atoms with Crippen LogP contribution < -0.4 is 0 Å². The van der Waals surface area contributed by atoms with Crippen LogP contribution in [0, 0.1) is 13.8 Å². The van der Waals surface area contributed by atoms with Gasteiger partial charge >= 0.3 is 0 Å². The summed E-state index contributed by atoms with van der Waals surface area (Å²) in [5, 5.41) is 0.955. The second-order valence-corrected chi connectivity index (χ2v) is 6.65. The van der Waals surface area contributed by atoms with Crippen molar-refractivity contribution in [2.24, 2.45) is 0 Å². The zero-order chi connectivity index (χ0) is 13.6. The van der Waals surface area contributed by atoms with Gasteiger partial charge in [-0.1, -0.05) is 22.0 Å². The molecule has 0 aliphatic heterocycles. The summed E-state index contributed by atoms with van der Waals surface area (Å²) in [5.41, 5.74) is 2.87. The zero-order valence-corrected chi connectivity index (χ0v) is 13.0. The van der Waals surface area contributed by atoms with Gasteiger partial charge in [-0.25, -0.2) is 0 Å². The number of fused-ring (bicyclic) bond motifs is 1. The topological polar surface area (TPSA) is 32.9 Å². The molecule has 0 aliphatic carbocycles. The number of aromatic nitrogens is 1. The number of thiophene rings is 1. The highest BCUT2D eigenvalue weighted by Crippen LogP contribution is 2.30.